The van der Waals surface area contributed by atoms with Crippen molar-refractivity contribution in [3.8, 4) is 0 Å². The zero-order valence-corrected chi connectivity index (χ0v) is 13.7. The number of hydrogen-bond donors (Lipinski definition) is 1. The van der Waals surface area contributed by atoms with Gasteiger partial charge in [0.2, 0.25) is 0 Å². The van der Waals surface area contributed by atoms with E-state index in [1.54, 1.807) is 18.4 Å². The van der Waals surface area contributed by atoms with Crippen LogP contribution in [0, 0.1) is 11.8 Å². The van der Waals surface area contributed by atoms with Gasteiger partial charge in [-0.3, -0.25) is 0 Å². The molecule has 0 unspecified atom stereocenters. The van der Waals surface area contributed by atoms with Crippen LogP contribution < -0.4 is 5.32 Å². The lowest BCUT2D eigenvalue weighted by molar-refractivity contribution is 0.163. The van der Waals surface area contributed by atoms with E-state index in [2.05, 4.69) is 43.4 Å². The average molecular weight is 284 g/mol. The standard InChI is InChI=1S/C15H28N2OS/c1-12(2)10-15(11-13(3)4,17-6-8-18-5)14-16-7-9-19-14/h7,9,12-13,17H,6,8,10-11H2,1-5H3. The Kier molecular flexibility index (Phi) is 6.97. The Morgan fingerprint density at radius 1 is 1.26 bits per heavy atom. The van der Waals surface area contributed by atoms with Crippen molar-refractivity contribution in [3.05, 3.63) is 16.6 Å². The van der Waals surface area contributed by atoms with Crippen molar-refractivity contribution in [2.75, 3.05) is 20.3 Å². The summed E-state index contributed by atoms with van der Waals surface area (Å²) in [5, 5.41) is 7.01. The zero-order chi connectivity index (χ0) is 14.3. The van der Waals surface area contributed by atoms with Crippen LogP contribution in [0.3, 0.4) is 0 Å². The number of methoxy groups -OCH3 is 1. The Labute approximate surface area is 121 Å². The molecule has 0 saturated carbocycles. The van der Waals surface area contributed by atoms with Crippen LogP contribution in [0.1, 0.15) is 45.5 Å². The molecule has 1 rings (SSSR count). The van der Waals surface area contributed by atoms with E-state index in [1.807, 2.05) is 6.20 Å². The summed E-state index contributed by atoms with van der Waals surface area (Å²) in [6, 6.07) is 0. The number of ether oxygens (including phenoxy) is 1. The van der Waals surface area contributed by atoms with Gasteiger partial charge in [-0.1, -0.05) is 27.7 Å². The van der Waals surface area contributed by atoms with Gasteiger partial charge in [-0.25, -0.2) is 4.98 Å². The van der Waals surface area contributed by atoms with Crippen molar-refractivity contribution < 1.29 is 4.74 Å². The molecule has 0 aliphatic heterocycles. The number of hydrogen-bond acceptors (Lipinski definition) is 4. The highest BCUT2D eigenvalue weighted by Gasteiger charge is 2.35. The van der Waals surface area contributed by atoms with Crippen LogP contribution in [0.2, 0.25) is 0 Å². The first-order chi connectivity index (χ1) is 9.00. The maximum atomic E-state index is 5.19. The molecule has 0 bridgehead atoms. The number of rotatable bonds is 9. The highest BCUT2D eigenvalue weighted by Crippen LogP contribution is 2.36. The highest BCUT2D eigenvalue weighted by molar-refractivity contribution is 7.09. The van der Waals surface area contributed by atoms with Gasteiger partial charge in [0.15, 0.2) is 0 Å². The van der Waals surface area contributed by atoms with Gasteiger partial charge < -0.3 is 10.1 Å². The van der Waals surface area contributed by atoms with E-state index >= 15 is 0 Å². The molecule has 0 spiro atoms. The van der Waals surface area contributed by atoms with E-state index in [0.717, 1.165) is 26.0 Å². The summed E-state index contributed by atoms with van der Waals surface area (Å²) in [7, 11) is 1.75. The molecule has 19 heavy (non-hydrogen) atoms. The number of aromatic nitrogens is 1. The summed E-state index contributed by atoms with van der Waals surface area (Å²) in [6.07, 6.45) is 4.14. The lowest BCUT2D eigenvalue weighted by atomic mass is 9.82. The SMILES string of the molecule is COCCNC(CC(C)C)(CC(C)C)c1nccs1. The molecule has 1 heterocycles. The van der Waals surface area contributed by atoms with Crippen LogP contribution >= 0.6 is 11.3 Å². The molecule has 0 saturated heterocycles. The Morgan fingerprint density at radius 2 is 1.89 bits per heavy atom. The molecule has 1 aromatic rings. The molecular formula is C15H28N2OS. The molecule has 0 atom stereocenters. The highest BCUT2D eigenvalue weighted by atomic mass is 32.1. The van der Waals surface area contributed by atoms with E-state index in [9.17, 15) is 0 Å². The fourth-order valence-electron chi connectivity index (χ4n) is 2.72. The van der Waals surface area contributed by atoms with E-state index in [-0.39, 0.29) is 5.54 Å². The maximum absolute atomic E-state index is 5.19. The van der Waals surface area contributed by atoms with Crippen LogP contribution in [0.5, 0.6) is 0 Å². The van der Waals surface area contributed by atoms with Crippen LogP contribution in [0.25, 0.3) is 0 Å². The van der Waals surface area contributed by atoms with E-state index < -0.39 is 0 Å². The Hall–Kier alpha value is -0.450. The molecule has 0 aromatic carbocycles. The molecule has 0 fully saturated rings. The molecular weight excluding hydrogens is 256 g/mol. The fraction of sp³-hybridized carbons (Fsp3) is 0.800. The van der Waals surface area contributed by atoms with Gasteiger partial charge in [0, 0.05) is 25.2 Å². The van der Waals surface area contributed by atoms with Crippen LogP contribution in [0.4, 0.5) is 0 Å². The third-order valence-electron chi connectivity index (χ3n) is 3.12. The topological polar surface area (TPSA) is 34.1 Å². The molecule has 110 valence electrons. The van der Waals surface area contributed by atoms with Crippen molar-refractivity contribution in [2.24, 2.45) is 11.8 Å². The van der Waals surface area contributed by atoms with E-state index in [0.29, 0.717) is 11.8 Å². The second-order valence-corrected chi connectivity index (χ2v) is 6.93. The van der Waals surface area contributed by atoms with Crippen molar-refractivity contribution in [1.29, 1.82) is 0 Å². The molecule has 0 radical (unpaired) electrons. The lowest BCUT2D eigenvalue weighted by Gasteiger charge is -2.36. The zero-order valence-electron chi connectivity index (χ0n) is 12.9. The predicted molar refractivity (Wildman–Crippen MR) is 82.6 cm³/mol. The van der Waals surface area contributed by atoms with Gasteiger partial charge in [0.1, 0.15) is 5.01 Å². The molecule has 0 aliphatic carbocycles. The average Bonchev–Trinajstić information content (AvgIpc) is 2.81. The van der Waals surface area contributed by atoms with E-state index in [1.165, 1.54) is 5.01 Å². The molecule has 4 heteroatoms. The van der Waals surface area contributed by atoms with Crippen LogP contribution in [0.15, 0.2) is 11.6 Å². The van der Waals surface area contributed by atoms with Gasteiger partial charge in [-0.05, 0) is 24.7 Å². The third kappa shape index (κ3) is 5.21. The quantitative estimate of drug-likeness (QED) is 0.703. The lowest BCUT2D eigenvalue weighted by Crippen LogP contribution is -2.46. The summed E-state index contributed by atoms with van der Waals surface area (Å²) < 4.78 is 5.19. The minimum Gasteiger partial charge on any atom is -0.383 e. The number of nitrogens with one attached hydrogen (secondary N) is 1. The van der Waals surface area contributed by atoms with Crippen molar-refractivity contribution in [2.45, 2.75) is 46.1 Å². The van der Waals surface area contributed by atoms with Crippen molar-refractivity contribution in [1.82, 2.24) is 10.3 Å². The van der Waals surface area contributed by atoms with Gasteiger partial charge in [0.05, 0.1) is 12.1 Å². The Bertz CT molecular complexity index is 326. The summed E-state index contributed by atoms with van der Waals surface area (Å²) in [5.74, 6) is 1.27. The summed E-state index contributed by atoms with van der Waals surface area (Å²) in [5.41, 5.74) is -0.00493. The number of thiazole rings is 1. The van der Waals surface area contributed by atoms with Crippen LogP contribution in [-0.4, -0.2) is 25.2 Å². The molecule has 1 N–H and O–H groups in total. The smallest absolute Gasteiger partial charge is 0.113 e. The maximum Gasteiger partial charge on any atom is 0.113 e. The van der Waals surface area contributed by atoms with Crippen molar-refractivity contribution >= 4 is 11.3 Å². The molecule has 0 aliphatic rings. The van der Waals surface area contributed by atoms with E-state index in [4.69, 9.17) is 4.74 Å². The predicted octanol–water partition coefficient (Wildman–Crippen LogP) is 3.67. The van der Waals surface area contributed by atoms with Crippen molar-refractivity contribution in [3.63, 3.8) is 0 Å². The molecule has 3 nitrogen and oxygen atoms in total. The minimum absolute atomic E-state index is 0.00493. The minimum atomic E-state index is -0.00493. The van der Waals surface area contributed by atoms with Gasteiger partial charge in [-0.15, -0.1) is 11.3 Å². The van der Waals surface area contributed by atoms with Gasteiger partial charge >= 0.3 is 0 Å². The normalized spacial score (nSPS) is 12.6. The summed E-state index contributed by atoms with van der Waals surface area (Å²) in [6.45, 7) is 10.7. The monoisotopic (exact) mass is 284 g/mol. The number of nitrogens with zero attached hydrogens (tertiary/aromatic N) is 1. The summed E-state index contributed by atoms with van der Waals surface area (Å²) >= 11 is 1.76. The largest absolute Gasteiger partial charge is 0.383 e. The fourth-order valence-corrected chi connectivity index (χ4v) is 3.56. The first-order valence-electron chi connectivity index (χ1n) is 7.14. The Balaban J connectivity index is 2.94. The second-order valence-electron chi connectivity index (χ2n) is 6.03. The second kappa shape index (κ2) is 7.98. The first kappa shape index (κ1) is 16.6. The van der Waals surface area contributed by atoms with Gasteiger partial charge in [0.25, 0.3) is 0 Å². The van der Waals surface area contributed by atoms with Crippen LogP contribution in [-0.2, 0) is 10.3 Å². The van der Waals surface area contributed by atoms with Gasteiger partial charge in [-0.2, -0.15) is 0 Å². The molecule has 0 amide bonds. The Morgan fingerprint density at radius 3 is 2.32 bits per heavy atom. The summed E-state index contributed by atoms with van der Waals surface area (Å²) in [4.78, 5) is 4.59. The first-order valence-corrected chi connectivity index (χ1v) is 8.02. The molecule has 1 aromatic heterocycles. The third-order valence-corrected chi connectivity index (χ3v) is 4.10.